The number of anilines is 2. The van der Waals surface area contributed by atoms with Crippen molar-refractivity contribution >= 4 is 17.3 Å². The van der Waals surface area contributed by atoms with Crippen molar-refractivity contribution in [1.29, 1.82) is 0 Å². The van der Waals surface area contributed by atoms with E-state index in [0.717, 1.165) is 74.2 Å². The quantitative estimate of drug-likeness (QED) is 0.447. The van der Waals surface area contributed by atoms with Crippen LogP contribution in [0, 0.1) is 0 Å². The maximum atomic E-state index is 10.1. The molecule has 1 aliphatic carbocycles. The van der Waals surface area contributed by atoms with Gasteiger partial charge in [0.05, 0.1) is 24.4 Å². The lowest BCUT2D eigenvalue weighted by Crippen LogP contribution is -2.28. The van der Waals surface area contributed by atoms with Gasteiger partial charge in [-0.05, 0) is 69.2 Å². The van der Waals surface area contributed by atoms with Gasteiger partial charge in [-0.25, -0.2) is 14.5 Å². The van der Waals surface area contributed by atoms with Gasteiger partial charge in [-0.15, -0.1) is 5.10 Å². The minimum absolute atomic E-state index is 0.0970. The summed E-state index contributed by atoms with van der Waals surface area (Å²) in [5.74, 6) is 1.81. The third kappa shape index (κ3) is 5.58. The average molecular weight is 481 g/mol. The lowest BCUT2D eigenvalue weighted by atomic mass is 9.85. The van der Waals surface area contributed by atoms with Crippen molar-refractivity contribution in [2.24, 2.45) is 0 Å². The van der Waals surface area contributed by atoms with E-state index >= 15 is 0 Å². The molecule has 3 aromatic heterocycles. The Kier molecular flexibility index (Phi) is 7.46. The van der Waals surface area contributed by atoms with Gasteiger partial charge in [-0.3, -0.25) is 0 Å². The number of rotatable bonds is 8. The van der Waals surface area contributed by atoms with Crippen molar-refractivity contribution in [3.63, 3.8) is 0 Å². The third-order valence-corrected chi connectivity index (χ3v) is 7.10. The highest BCUT2D eigenvalue weighted by atomic mass is 16.5. The summed E-state index contributed by atoms with van der Waals surface area (Å²) in [6.45, 7) is 4.20. The summed E-state index contributed by atoms with van der Waals surface area (Å²) >= 11 is 0. The van der Waals surface area contributed by atoms with Gasteiger partial charge in [0.1, 0.15) is 5.82 Å². The fraction of sp³-hybridized carbons (Fsp3) is 0.577. The molecule has 3 N–H and O–H groups in total. The van der Waals surface area contributed by atoms with Gasteiger partial charge in [0, 0.05) is 55.8 Å². The Morgan fingerprint density at radius 2 is 1.94 bits per heavy atom. The van der Waals surface area contributed by atoms with Crippen LogP contribution in [0.3, 0.4) is 0 Å². The molecule has 0 aromatic carbocycles. The van der Waals surface area contributed by atoms with Gasteiger partial charge < -0.3 is 25.2 Å². The van der Waals surface area contributed by atoms with Gasteiger partial charge in [0.2, 0.25) is 5.95 Å². The van der Waals surface area contributed by atoms with E-state index in [1.54, 1.807) is 7.11 Å². The Morgan fingerprint density at radius 3 is 2.71 bits per heavy atom. The first-order valence-corrected chi connectivity index (χ1v) is 12.7. The fourth-order valence-corrected chi connectivity index (χ4v) is 5.21. The highest BCUT2D eigenvalue weighted by molar-refractivity contribution is 5.82. The molecule has 1 saturated heterocycles. The number of pyridine rings is 1. The minimum Gasteiger partial charge on any atom is -0.393 e. The van der Waals surface area contributed by atoms with Crippen molar-refractivity contribution in [3.8, 4) is 11.1 Å². The molecule has 3 aromatic rings. The van der Waals surface area contributed by atoms with Crippen LogP contribution >= 0.6 is 0 Å². The summed E-state index contributed by atoms with van der Waals surface area (Å²) in [6.07, 6.45) is 9.09. The molecule has 4 heterocycles. The molecule has 5 rings (SSSR count). The molecular weight excluding hydrogens is 444 g/mol. The van der Waals surface area contributed by atoms with E-state index in [4.69, 9.17) is 14.6 Å². The van der Waals surface area contributed by atoms with Crippen LogP contribution in [0.5, 0.6) is 0 Å². The number of hydrogen-bond donors (Lipinski definition) is 3. The number of methoxy groups -OCH3 is 1. The molecule has 1 saturated carbocycles. The predicted octanol–water partition coefficient (Wildman–Crippen LogP) is 3.85. The highest BCUT2D eigenvalue weighted by Crippen LogP contribution is 2.38. The normalized spacial score (nSPS) is 22.3. The van der Waals surface area contributed by atoms with Crippen LogP contribution in [0.1, 0.15) is 57.1 Å². The molecule has 9 heteroatoms. The Morgan fingerprint density at radius 1 is 1.14 bits per heavy atom. The molecule has 35 heavy (non-hydrogen) atoms. The van der Waals surface area contributed by atoms with Crippen molar-refractivity contribution in [2.45, 2.75) is 69.6 Å². The molecule has 2 aliphatic rings. The predicted molar refractivity (Wildman–Crippen MR) is 136 cm³/mol. The molecule has 2 fully saturated rings. The molecule has 0 unspecified atom stereocenters. The van der Waals surface area contributed by atoms with Gasteiger partial charge in [-0.2, -0.15) is 0 Å². The molecule has 0 spiro atoms. The maximum Gasteiger partial charge on any atom is 0.241 e. The minimum atomic E-state index is -0.197. The van der Waals surface area contributed by atoms with Crippen LogP contribution in [-0.4, -0.2) is 69.8 Å². The standard InChI is InChI=1S/C26H36N6O3/c1-17(16-34-2)29-26-28-15-24-22(14-23(32(24)31-26)18-3-5-21(33)6-4-18)19-7-10-27-25(13-19)30-20-8-11-35-12-9-20/h7,10,13-15,17-18,20-21,33H,3-6,8-9,11-12,16H2,1-2H3,(H,27,30)(H,29,31)/t17-,18-,21-/m0/s1. The number of aromatic nitrogens is 4. The SMILES string of the molecule is COC[C@H](C)Nc1ncc2c(-c3ccnc(NC4CCOCC4)c3)cc([C@H]3CC[C@H](O)CC3)n2n1. The van der Waals surface area contributed by atoms with Gasteiger partial charge in [0.25, 0.3) is 0 Å². The molecule has 188 valence electrons. The molecule has 1 atom stereocenters. The second-order valence-corrected chi connectivity index (χ2v) is 9.83. The smallest absolute Gasteiger partial charge is 0.241 e. The number of hydrogen-bond acceptors (Lipinski definition) is 8. The third-order valence-electron chi connectivity index (χ3n) is 7.10. The second kappa shape index (κ2) is 10.9. The Bertz CT molecular complexity index is 1120. The molecular formula is C26H36N6O3. The van der Waals surface area contributed by atoms with Crippen LogP contribution in [0.25, 0.3) is 16.6 Å². The number of nitrogens with zero attached hydrogens (tertiary/aromatic N) is 4. The van der Waals surface area contributed by atoms with E-state index in [9.17, 15) is 5.11 Å². The first-order valence-electron chi connectivity index (χ1n) is 12.7. The van der Waals surface area contributed by atoms with E-state index in [0.29, 0.717) is 24.5 Å². The topological polar surface area (TPSA) is 106 Å². The largest absolute Gasteiger partial charge is 0.393 e. The summed E-state index contributed by atoms with van der Waals surface area (Å²) in [5.41, 5.74) is 4.33. The Balaban J connectivity index is 1.49. The number of nitrogens with one attached hydrogen (secondary N) is 2. The van der Waals surface area contributed by atoms with Crippen LogP contribution < -0.4 is 10.6 Å². The molecule has 0 bridgehead atoms. The Hall–Kier alpha value is -2.75. The van der Waals surface area contributed by atoms with Crippen molar-refractivity contribution in [3.05, 3.63) is 36.3 Å². The molecule has 0 amide bonds. The van der Waals surface area contributed by atoms with Crippen LogP contribution in [-0.2, 0) is 9.47 Å². The van der Waals surface area contributed by atoms with Crippen molar-refractivity contribution in [2.75, 3.05) is 37.6 Å². The Labute approximate surface area is 206 Å². The summed E-state index contributed by atoms with van der Waals surface area (Å²) in [4.78, 5) is 9.19. The monoisotopic (exact) mass is 480 g/mol. The summed E-state index contributed by atoms with van der Waals surface area (Å²) in [5, 5.41) is 21.9. The van der Waals surface area contributed by atoms with Crippen LogP contribution in [0.2, 0.25) is 0 Å². The maximum absolute atomic E-state index is 10.1. The second-order valence-electron chi connectivity index (χ2n) is 9.83. The average Bonchev–Trinajstić information content (AvgIpc) is 3.24. The zero-order valence-corrected chi connectivity index (χ0v) is 20.6. The summed E-state index contributed by atoms with van der Waals surface area (Å²) < 4.78 is 12.8. The zero-order chi connectivity index (χ0) is 24.2. The van der Waals surface area contributed by atoms with Gasteiger partial charge in [0.15, 0.2) is 0 Å². The zero-order valence-electron chi connectivity index (χ0n) is 20.6. The van der Waals surface area contributed by atoms with E-state index in [-0.39, 0.29) is 12.1 Å². The molecule has 1 aliphatic heterocycles. The molecule has 0 radical (unpaired) electrons. The number of aliphatic hydroxyl groups excluding tert-OH is 1. The summed E-state index contributed by atoms with van der Waals surface area (Å²) in [6, 6.07) is 6.90. The van der Waals surface area contributed by atoms with Gasteiger partial charge >= 0.3 is 0 Å². The molecule has 9 nitrogen and oxygen atoms in total. The van der Waals surface area contributed by atoms with Crippen molar-refractivity contribution < 1.29 is 14.6 Å². The van der Waals surface area contributed by atoms with E-state index in [2.05, 4.69) is 32.7 Å². The first-order chi connectivity index (χ1) is 17.1. The first kappa shape index (κ1) is 24.0. The van der Waals surface area contributed by atoms with Crippen LogP contribution in [0.4, 0.5) is 11.8 Å². The van der Waals surface area contributed by atoms with Crippen LogP contribution in [0.15, 0.2) is 30.6 Å². The van der Waals surface area contributed by atoms with E-state index in [1.807, 2.05) is 29.9 Å². The number of ether oxygens (including phenoxy) is 2. The van der Waals surface area contributed by atoms with Gasteiger partial charge in [-0.1, -0.05) is 0 Å². The fourth-order valence-electron chi connectivity index (χ4n) is 5.21. The number of aliphatic hydroxyl groups is 1. The van der Waals surface area contributed by atoms with E-state index in [1.165, 1.54) is 5.69 Å². The lowest BCUT2D eigenvalue weighted by molar-refractivity contribution is 0.0904. The van der Waals surface area contributed by atoms with E-state index < -0.39 is 0 Å². The van der Waals surface area contributed by atoms with Crippen molar-refractivity contribution in [1.82, 2.24) is 19.6 Å². The number of fused-ring (bicyclic) bond motifs is 1. The summed E-state index contributed by atoms with van der Waals surface area (Å²) in [7, 11) is 1.69. The highest BCUT2D eigenvalue weighted by Gasteiger charge is 2.26. The lowest BCUT2D eigenvalue weighted by Gasteiger charge is -2.25.